The van der Waals surface area contributed by atoms with Crippen LogP contribution in [0, 0.1) is 5.82 Å². The zero-order chi connectivity index (χ0) is 14.7. The molecule has 0 saturated carbocycles. The molecule has 0 aliphatic rings. The van der Waals surface area contributed by atoms with Crippen molar-refractivity contribution < 1.29 is 4.39 Å². The van der Waals surface area contributed by atoms with Gasteiger partial charge in [-0.1, -0.05) is 57.3 Å². The summed E-state index contributed by atoms with van der Waals surface area (Å²) < 4.78 is 14.9. The van der Waals surface area contributed by atoms with Gasteiger partial charge in [-0.3, -0.25) is 0 Å². The summed E-state index contributed by atoms with van der Waals surface area (Å²) in [4.78, 5) is 0. The van der Waals surface area contributed by atoms with Crippen molar-refractivity contribution in [1.29, 1.82) is 0 Å². The summed E-state index contributed by atoms with van der Waals surface area (Å²) in [6.45, 7) is 0. The smallest absolute Gasteiger partial charge is 0.145 e. The van der Waals surface area contributed by atoms with Crippen LogP contribution in [0.2, 0.25) is 10.0 Å². The highest BCUT2D eigenvalue weighted by atomic mass is 79.9. The summed E-state index contributed by atoms with van der Waals surface area (Å²) in [7, 11) is 1.82. The highest BCUT2D eigenvalue weighted by Crippen LogP contribution is 2.30. The van der Waals surface area contributed by atoms with Gasteiger partial charge in [0.15, 0.2) is 0 Å². The summed E-state index contributed by atoms with van der Waals surface area (Å²) in [5.41, 5.74) is 1.49. The molecule has 0 bridgehead atoms. The normalized spacial score (nSPS) is 12.4. The van der Waals surface area contributed by atoms with E-state index in [-0.39, 0.29) is 16.9 Å². The van der Waals surface area contributed by atoms with Crippen molar-refractivity contribution in [3.8, 4) is 0 Å². The Morgan fingerprint density at radius 2 is 1.95 bits per heavy atom. The first kappa shape index (κ1) is 15.8. The van der Waals surface area contributed by atoms with Gasteiger partial charge in [0.1, 0.15) is 5.82 Å². The van der Waals surface area contributed by atoms with Crippen molar-refractivity contribution in [1.82, 2.24) is 5.32 Å². The quantitative estimate of drug-likeness (QED) is 0.753. The lowest BCUT2D eigenvalue weighted by Crippen LogP contribution is -2.19. The molecule has 0 aliphatic heterocycles. The minimum absolute atomic E-state index is 0.0800. The monoisotopic (exact) mass is 375 g/mol. The van der Waals surface area contributed by atoms with Gasteiger partial charge < -0.3 is 5.32 Å². The number of hydrogen-bond acceptors (Lipinski definition) is 1. The summed E-state index contributed by atoms with van der Waals surface area (Å²) >= 11 is 15.4. The van der Waals surface area contributed by atoms with Gasteiger partial charge in [0, 0.05) is 15.5 Å². The van der Waals surface area contributed by atoms with Gasteiger partial charge in [-0.05, 0) is 42.8 Å². The molecule has 0 radical (unpaired) electrons. The van der Waals surface area contributed by atoms with Crippen LogP contribution in [0.25, 0.3) is 0 Å². The standard InChI is InChI=1S/C15H13BrCl2FN/c1-20-14(11-6-5-10(16)8-13(11)18)7-9-3-2-4-12(17)15(9)19/h2-6,8,14,20H,7H2,1H3. The van der Waals surface area contributed by atoms with Crippen LogP contribution >= 0.6 is 39.1 Å². The van der Waals surface area contributed by atoms with Crippen LogP contribution in [0.4, 0.5) is 4.39 Å². The van der Waals surface area contributed by atoms with Gasteiger partial charge in [-0.15, -0.1) is 0 Å². The molecule has 0 aliphatic carbocycles. The molecule has 0 aromatic heterocycles. The lowest BCUT2D eigenvalue weighted by atomic mass is 9.98. The molecule has 2 aromatic carbocycles. The molecule has 1 unspecified atom stereocenters. The Morgan fingerprint density at radius 3 is 2.60 bits per heavy atom. The maximum Gasteiger partial charge on any atom is 0.145 e. The van der Waals surface area contributed by atoms with E-state index in [9.17, 15) is 4.39 Å². The third kappa shape index (κ3) is 3.53. The molecule has 1 atom stereocenters. The molecule has 5 heteroatoms. The van der Waals surface area contributed by atoms with E-state index in [1.807, 2.05) is 25.2 Å². The second-order valence-corrected chi connectivity index (χ2v) is 6.15. The van der Waals surface area contributed by atoms with E-state index < -0.39 is 0 Å². The SMILES string of the molecule is CNC(Cc1cccc(Cl)c1F)c1ccc(Br)cc1Cl. The first-order chi connectivity index (χ1) is 9.52. The zero-order valence-corrected chi connectivity index (χ0v) is 13.9. The average molecular weight is 377 g/mol. The third-order valence-corrected chi connectivity index (χ3v) is 4.25. The maximum atomic E-state index is 14.0. The molecule has 0 spiro atoms. The van der Waals surface area contributed by atoms with Gasteiger partial charge in [0.05, 0.1) is 5.02 Å². The van der Waals surface area contributed by atoms with Crippen LogP contribution < -0.4 is 5.32 Å². The molecule has 20 heavy (non-hydrogen) atoms. The number of nitrogens with one attached hydrogen (secondary N) is 1. The minimum atomic E-state index is -0.373. The molecule has 0 heterocycles. The highest BCUT2D eigenvalue weighted by Gasteiger charge is 2.16. The number of benzene rings is 2. The van der Waals surface area contributed by atoms with Gasteiger partial charge in [0.25, 0.3) is 0 Å². The van der Waals surface area contributed by atoms with Crippen LogP contribution in [0.3, 0.4) is 0 Å². The molecule has 1 N–H and O–H groups in total. The van der Waals surface area contributed by atoms with Crippen molar-refractivity contribution in [3.63, 3.8) is 0 Å². The fourth-order valence-corrected chi connectivity index (χ4v) is 3.08. The van der Waals surface area contributed by atoms with Crippen LogP contribution in [-0.4, -0.2) is 7.05 Å². The fourth-order valence-electron chi connectivity index (χ4n) is 2.08. The average Bonchev–Trinajstić information content (AvgIpc) is 2.41. The second-order valence-electron chi connectivity index (χ2n) is 4.42. The summed E-state index contributed by atoms with van der Waals surface area (Å²) in [5.74, 6) is -0.373. The maximum absolute atomic E-state index is 14.0. The molecule has 0 saturated heterocycles. The Bertz CT molecular complexity index is 619. The van der Waals surface area contributed by atoms with Gasteiger partial charge >= 0.3 is 0 Å². The van der Waals surface area contributed by atoms with E-state index in [4.69, 9.17) is 23.2 Å². The van der Waals surface area contributed by atoms with E-state index in [1.54, 1.807) is 18.2 Å². The molecular weight excluding hydrogens is 364 g/mol. The van der Waals surface area contributed by atoms with Crippen molar-refractivity contribution in [2.45, 2.75) is 12.5 Å². The van der Waals surface area contributed by atoms with E-state index in [1.165, 1.54) is 0 Å². The van der Waals surface area contributed by atoms with Crippen LogP contribution in [0.15, 0.2) is 40.9 Å². The Labute approximate surface area is 136 Å². The zero-order valence-electron chi connectivity index (χ0n) is 10.8. The van der Waals surface area contributed by atoms with E-state index in [0.29, 0.717) is 17.0 Å². The number of halogens is 4. The van der Waals surface area contributed by atoms with Crippen LogP contribution in [0.1, 0.15) is 17.2 Å². The van der Waals surface area contributed by atoms with Gasteiger partial charge in [-0.25, -0.2) is 4.39 Å². The van der Waals surface area contributed by atoms with Crippen LogP contribution in [0.5, 0.6) is 0 Å². The number of rotatable bonds is 4. The number of hydrogen-bond donors (Lipinski definition) is 1. The first-order valence-corrected chi connectivity index (χ1v) is 7.63. The van der Waals surface area contributed by atoms with Gasteiger partial charge in [0.2, 0.25) is 0 Å². The highest BCUT2D eigenvalue weighted by molar-refractivity contribution is 9.10. The van der Waals surface area contributed by atoms with Crippen LogP contribution in [-0.2, 0) is 6.42 Å². The Morgan fingerprint density at radius 1 is 1.20 bits per heavy atom. The van der Waals surface area contributed by atoms with Crippen molar-refractivity contribution in [2.75, 3.05) is 7.05 Å². The molecule has 2 rings (SSSR count). The lowest BCUT2D eigenvalue weighted by Gasteiger charge is -2.19. The molecule has 106 valence electrons. The fraction of sp³-hybridized carbons (Fsp3) is 0.200. The second kappa shape index (κ2) is 6.90. The molecule has 1 nitrogen and oxygen atoms in total. The summed E-state index contributed by atoms with van der Waals surface area (Å²) in [6.07, 6.45) is 0.476. The lowest BCUT2D eigenvalue weighted by molar-refractivity contribution is 0.554. The Kier molecular flexibility index (Phi) is 5.44. The Balaban J connectivity index is 2.31. The predicted molar refractivity (Wildman–Crippen MR) is 86.1 cm³/mol. The summed E-state index contributed by atoms with van der Waals surface area (Å²) in [5, 5.41) is 3.94. The molecular formula is C15H13BrCl2FN. The largest absolute Gasteiger partial charge is 0.313 e. The number of likely N-dealkylation sites (N-methyl/N-ethyl adjacent to an activating group) is 1. The van der Waals surface area contributed by atoms with E-state index in [0.717, 1.165) is 10.0 Å². The molecule has 0 fully saturated rings. The van der Waals surface area contributed by atoms with Crippen molar-refractivity contribution in [2.24, 2.45) is 0 Å². The topological polar surface area (TPSA) is 12.0 Å². The van der Waals surface area contributed by atoms with Crippen molar-refractivity contribution >= 4 is 39.1 Å². The molecule has 2 aromatic rings. The first-order valence-electron chi connectivity index (χ1n) is 6.08. The van der Waals surface area contributed by atoms with E-state index >= 15 is 0 Å². The predicted octanol–water partition coefficient (Wildman–Crippen LogP) is 5.40. The molecule has 0 amide bonds. The third-order valence-electron chi connectivity index (χ3n) is 3.14. The van der Waals surface area contributed by atoms with Gasteiger partial charge in [-0.2, -0.15) is 0 Å². The Hall–Kier alpha value is -0.610. The van der Waals surface area contributed by atoms with Crippen molar-refractivity contribution in [3.05, 3.63) is 67.9 Å². The minimum Gasteiger partial charge on any atom is -0.313 e. The van der Waals surface area contributed by atoms with E-state index in [2.05, 4.69) is 21.2 Å². The summed E-state index contributed by atoms with van der Waals surface area (Å²) in [6, 6.07) is 10.6.